The fraction of sp³-hybridized carbons (Fsp3) is 0.567. The van der Waals surface area contributed by atoms with Crippen LogP contribution in [-0.4, -0.2) is 90.8 Å². The van der Waals surface area contributed by atoms with E-state index in [2.05, 4.69) is 0 Å². The number of ether oxygens (including phenoxy) is 3. The zero-order valence-corrected chi connectivity index (χ0v) is 25.5. The summed E-state index contributed by atoms with van der Waals surface area (Å²) in [5.74, 6) is -0.167. The second kappa shape index (κ2) is 14.0. The van der Waals surface area contributed by atoms with Gasteiger partial charge in [-0.2, -0.15) is 4.31 Å². The van der Waals surface area contributed by atoms with Crippen molar-refractivity contribution in [3.05, 3.63) is 60.2 Å². The van der Waals surface area contributed by atoms with E-state index in [1.165, 1.54) is 28.4 Å². The first-order valence-corrected chi connectivity index (χ1v) is 15.4. The van der Waals surface area contributed by atoms with E-state index in [4.69, 9.17) is 14.2 Å². The lowest BCUT2D eigenvalue weighted by molar-refractivity contribution is -0.147. The second-order valence-corrected chi connectivity index (χ2v) is 13.4. The van der Waals surface area contributed by atoms with E-state index in [1.54, 1.807) is 32.9 Å². The fourth-order valence-corrected chi connectivity index (χ4v) is 6.65. The van der Waals surface area contributed by atoms with Crippen molar-refractivity contribution in [1.82, 2.24) is 9.21 Å². The van der Waals surface area contributed by atoms with E-state index in [-0.39, 0.29) is 24.4 Å². The third kappa shape index (κ3) is 8.89. The van der Waals surface area contributed by atoms with Crippen LogP contribution >= 0.6 is 0 Å². The molecule has 1 amide bonds. The molecule has 1 saturated heterocycles. The van der Waals surface area contributed by atoms with Crippen molar-refractivity contribution in [3.8, 4) is 5.75 Å². The quantitative estimate of drug-likeness (QED) is 0.310. The smallest absolute Gasteiger partial charge is 0.408 e. The molecule has 2 atom stereocenters. The lowest BCUT2D eigenvalue weighted by atomic mass is 9.94. The molecule has 2 aromatic rings. The van der Waals surface area contributed by atoms with Crippen molar-refractivity contribution in [3.63, 3.8) is 0 Å². The van der Waals surface area contributed by atoms with Crippen LogP contribution in [0, 0.1) is 0 Å². The molecule has 228 valence electrons. The number of aliphatic hydroxyl groups is 1. The molecule has 3 rings (SSSR count). The number of aliphatic hydroxyl groups excluding tert-OH is 1. The summed E-state index contributed by atoms with van der Waals surface area (Å²) in [4.78, 5) is 13.7. The lowest BCUT2D eigenvalue weighted by Gasteiger charge is -2.42. The minimum Gasteiger partial charge on any atom is -0.497 e. The molecule has 11 heteroatoms. The molecule has 0 saturated carbocycles. The van der Waals surface area contributed by atoms with Gasteiger partial charge in [0.25, 0.3) is 0 Å². The summed E-state index contributed by atoms with van der Waals surface area (Å²) in [6, 6.07) is 14.5. The SMILES string of the molecule is COc1ccc(S(=O)(=O)N(CCCCC2(C)OCCO2)C[C@@H](O)[C@H](Cc2ccccc2)N(C(=O)O)C(C)(C)C)cc1. The van der Waals surface area contributed by atoms with Crippen molar-refractivity contribution >= 4 is 16.1 Å². The molecule has 1 aliphatic rings. The highest BCUT2D eigenvalue weighted by atomic mass is 32.2. The molecule has 1 aliphatic heterocycles. The van der Waals surface area contributed by atoms with Crippen LogP contribution in [0.1, 0.15) is 52.5 Å². The molecule has 0 unspecified atom stereocenters. The van der Waals surface area contributed by atoms with Gasteiger partial charge in [-0.1, -0.05) is 30.3 Å². The molecule has 10 nitrogen and oxygen atoms in total. The summed E-state index contributed by atoms with van der Waals surface area (Å²) in [6.07, 6.45) is -0.549. The molecule has 0 aliphatic carbocycles. The van der Waals surface area contributed by atoms with E-state index in [9.17, 15) is 23.4 Å². The Labute approximate surface area is 243 Å². The van der Waals surface area contributed by atoms with Gasteiger partial charge in [0.15, 0.2) is 5.79 Å². The lowest BCUT2D eigenvalue weighted by Crippen LogP contribution is -2.58. The molecule has 0 spiro atoms. The highest BCUT2D eigenvalue weighted by Crippen LogP contribution is 2.28. The van der Waals surface area contributed by atoms with Crippen LogP contribution in [0.2, 0.25) is 0 Å². The van der Waals surface area contributed by atoms with Gasteiger partial charge in [-0.25, -0.2) is 13.2 Å². The normalized spacial score (nSPS) is 16.9. The minimum atomic E-state index is -4.03. The molecule has 0 radical (unpaired) electrons. The minimum absolute atomic E-state index is 0.0606. The summed E-state index contributed by atoms with van der Waals surface area (Å²) in [5, 5.41) is 21.8. The number of carboxylic acid groups (broad SMARTS) is 1. The van der Waals surface area contributed by atoms with Crippen molar-refractivity contribution in [2.45, 2.75) is 81.7 Å². The first kappa shape index (κ1) is 32.8. The number of carbonyl (C=O) groups is 1. The monoisotopic (exact) mass is 592 g/mol. The Morgan fingerprint density at radius 3 is 2.20 bits per heavy atom. The first-order valence-electron chi connectivity index (χ1n) is 13.9. The van der Waals surface area contributed by atoms with Gasteiger partial charge in [0.2, 0.25) is 10.0 Å². The highest BCUT2D eigenvalue weighted by molar-refractivity contribution is 7.89. The average molecular weight is 593 g/mol. The van der Waals surface area contributed by atoms with E-state index in [1.807, 2.05) is 37.3 Å². The molecule has 2 aromatic carbocycles. The number of benzene rings is 2. The Hall–Kier alpha value is -2.70. The summed E-state index contributed by atoms with van der Waals surface area (Å²) < 4.78 is 45.5. The Kier molecular flexibility index (Phi) is 11.2. The molecule has 2 N–H and O–H groups in total. The van der Waals surface area contributed by atoms with Gasteiger partial charge >= 0.3 is 6.09 Å². The zero-order valence-electron chi connectivity index (χ0n) is 24.7. The van der Waals surface area contributed by atoms with Gasteiger partial charge in [-0.3, -0.25) is 4.90 Å². The van der Waals surface area contributed by atoms with Crippen LogP contribution in [0.25, 0.3) is 0 Å². The van der Waals surface area contributed by atoms with Gasteiger partial charge in [-0.05, 0) is 76.8 Å². The number of amides is 1. The molecule has 1 heterocycles. The molecular formula is C30H44N2O8S. The van der Waals surface area contributed by atoms with Gasteiger partial charge in [-0.15, -0.1) is 0 Å². The largest absolute Gasteiger partial charge is 0.497 e. The zero-order chi connectivity index (χ0) is 30.3. The Morgan fingerprint density at radius 1 is 1.05 bits per heavy atom. The Morgan fingerprint density at radius 2 is 1.66 bits per heavy atom. The number of hydrogen-bond donors (Lipinski definition) is 2. The average Bonchev–Trinajstić information content (AvgIpc) is 3.35. The summed E-state index contributed by atoms with van der Waals surface area (Å²) in [5.41, 5.74) is -0.00992. The molecule has 0 bridgehead atoms. The molecule has 1 fully saturated rings. The van der Waals surface area contributed by atoms with Gasteiger partial charge in [0, 0.05) is 25.0 Å². The van der Waals surface area contributed by atoms with E-state index in [0.29, 0.717) is 38.2 Å². The number of methoxy groups -OCH3 is 1. The van der Waals surface area contributed by atoms with Gasteiger partial charge < -0.3 is 24.4 Å². The first-order chi connectivity index (χ1) is 19.3. The summed E-state index contributed by atoms with van der Waals surface area (Å²) >= 11 is 0. The summed E-state index contributed by atoms with van der Waals surface area (Å²) in [6.45, 7) is 8.03. The molecular weight excluding hydrogens is 548 g/mol. The maximum Gasteiger partial charge on any atom is 0.408 e. The van der Waals surface area contributed by atoms with Crippen LogP contribution in [-0.2, 0) is 25.9 Å². The van der Waals surface area contributed by atoms with E-state index >= 15 is 0 Å². The number of sulfonamides is 1. The maximum absolute atomic E-state index is 13.9. The number of unbranched alkanes of at least 4 members (excludes halogenated alkanes) is 1. The van der Waals surface area contributed by atoms with Crippen LogP contribution in [0.15, 0.2) is 59.5 Å². The fourth-order valence-electron chi connectivity index (χ4n) is 5.15. The maximum atomic E-state index is 13.9. The number of nitrogens with zero attached hydrogens (tertiary/aromatic N) is 2. The van der Waals surface area contributed by atoms with Crippen molar-refractivity contribution in [2.75, 3.05) is 33.4 Å². The summed E-state index contributed by atoms with van der Waals surface area (Å²) in [7, 11) is -2.53. The van der Waals surface area contributed by atoms with Crippen molar-refractivity contribution < 1.29 is 37.6 Å². The van der Waals surface area contributed by atoms with Crippen LogP contribution in [0.5, 0.6) is 5.75 Å². The third-order valence-electron chi connectivity index (χ3n) is 7.27. The van der Waals surface area contributed by atoms with E-state index < -0.39 is 39.6 Å². The second-order valence-electron chi connectivity index (χ2n) is 11.5. The van der Waals surface area contributed by atoms with Gasteiger partial charge in [0.1, 0.15) is 5.75 Å². The molecule has 0 aromatic heterocycles. The van der Waals surface area contributed by atoms with Crippen LogP contribution < -0.4 is 4.74 Å². The highest BCUT2D eigenvalue weighted by Gasteiger charge is 2.39. The Bertz CT molecular complexity index is 1210. The van der Waals surface area contributed by atoms with Gasteiger partial charge in [0.05, 0.1) is 37.4 Å². The topological polar surface area (TPSA) is 126 Å². The van der Waals surface area contributed by atoms with Crippen LogP contribution in [0.4, 0.5) is 4.79 Å². The van der Waals surface area contributed by atoms with E-state index in [0.717, 1.165) is 5.56 Å². The van der Waals surface area contributed by atoms with Crippen molar-refractivity contribution in [1.29, 1.82) is 0 Å². The van der Waals surface area contributed by atoms with Crippen LogP contribution in [0.3, 0.4) is 0 Å². The van der Waals surface area contributed by atoms with Crippen molar-refractivity contribution in [2.24, 2.45) is 0 Å². The predicted molar refractivity (Wildman–Crippen MR) is 155 cm³/mol. The Balaban J connectivity index is 1.89. The molecule has 41 heavy (non-hydrogen) atoms. The number of hydrogen-bond acceptors (Lipinski definition) is 7. The third-order valence-corrected chi connectivity index (χ3v) is 9.15. The standard InChI is InChI=1S/C30H44N2O8S/c1-29(2,3)32(28(34)35)26(21-23-11-7-6-8-12-23)27(33)22-31(18-10-9-17-30(4)39-19-20-40-30)41(36,37)25-15-13-24(38-5)14-16-25/h6-8,11-16,26-27,33H,9-10,17-22H2,1-5H3,(H,34,35)/t26-,27+/m0/s1. The predicted octanol–water partition coefficient (Wildman–Crippen LogP) is 4.37. The number of rotatable bonds is 14.